The maximum absolute atomic E-state index is 13.3. The predicted octanol–water partition coefficient (Wildman–Crippen LogP) is -1.78. The molecule has 0 saturated carbocycles. The molecule has 10 atom stereocenters. The SMILES string of the molecule is COc1cc(O)c2c(=O)cc(-c3ccc(O)cc3)oc2c1[C@@H]1O[C@H](CO)[C@@H](O)[C@H](O)[C@H]1O[C@@H]1O[C@H](CO)[C@@H](O)[C@H](O)[C@H]1O. The van der Waals surface area contributed by atoms with E-state index in [1.165, 1.54) is 31.4 Å². The van der Waals surface area contributed by atoms with Gasteiger partial charge in [0.05, 0.1) is 25.9 Å². The van der Waals surface area contributed by atoms with E-state index in [0.717, 1.165) is 12.1 Å². The first kappa shape index (κ1) is 31.1. The summed E-state index contributed by atoms with van der Waals surface area (Å²) in [5.41, 5.74) is -0.702. The van der Waals surface area contributed by atoms with E-state index < -0.39 is 85.6 Å². The fourth-order valence-electron chi connectivity index (χ4n) is 5.33. The Hall–Kier alpha value is -3.35. The molecule has 0 unspecified atom stereocenters. The van der Waals surface area contributed by atoms with Gasteiger partial charge in [0.25, 0.3) is 0 Å². The van der Waals surface area contributed by atoms with Gasteiger partial charge in [-0.3, -0.25) is 4.79 Å². The summed E-state index contributed by atoms with van der Waals surface area (Å²) in [7, 11) is 1.23. The molecule has 0 radical (unpaired) electrons. The fourth-order valence-corrected chi connectivity index (χ4v) is 5.33. The van der Waals surface area contributed by atoms with Crippen molar-refractivity contribution in [1.29, 1.82) is 0 Å². The van der Waals surface area contributed by atoms with Gasteiger partial charge in [-0.15, -0.1) is 0 Å². The number of aromatic hydroxyl groups is 2. The molecule has 0 aliphatic carbocycles. The Morgan fingerprint density at radius 2 is 1.44 bits per heavy atom. The highest BCUT2D eigenvalue weighted by atomic mass is 16.7. The van der Waals surface area contributed by atoms with Crippen molar-refractivity contribution in [3.8, 4) is 28.6 Å². The number of benzene rings is 2. The van der Waals surface area contributed by atoms with Crippen molar-refractivity contribution >= 4 is 11.0 Å². The maximum Gasteiger partial charge on any atom is 0.197 e. The largest absolute Gasteiger partial charge is 0.508 e. The van der Waals surface area contributed by atoms with E-state index in [1.54, 1.807) is 0 Å². The third-order valence-corrected chi connectivity index (χ3v) is 7.64. The zero-order valence-corrected chi connectivity index (χ0v) is 22.6. The minimum atomic E-state index is -1.89. The van der Waals surface area contributed by atoms with Crippen LogP contribution < -0.4 is 10.2 Å². The van der Waals surface area contributed by atoms with Crippen LogP contribution in [0, 0.1) is 0 Å². The Morgan fingerprint density at radius 3 is 2.07 bits per heavy atom. The number of ether oxygens (including phenoxy) is 4. The lowest BCUT2D eigenvalue weighted by atomic mass is 9.89. The Labute approximate surface area is 242 Å². The van der Waals surface area contributed by atoms with Crippen LogP contribution in [0.2, 0.25) is 0 Å². The zero-order valence-electron chi connectivity index (χ0n) is 22.6. The first-order valence-electron chi connectivity index (χ1n) is 13.3. The summed E-state index contributed by atoms with van der Waals surface area (Å²) < 4.78 is 28.8. The summed E-state index contributed by atoms with van der Waals surface area (Å²) >= 11 is 0. The Kier molecular flexibility index (Phi) is 8.92. The van der Waals surface area contributed by atoms with Gasteiger partial charge in [0.1, 0.15) is 83.3 Å². The van der Waals surface area contributed by atoms with Crippen molar-refractivity contribution in [1.82, 2.24) is 0 Å². The van der Waals surface area contributed by atoms with Crippen LogP contribution >= 0.6 is 0 Å². The minimum absolute atomic E-state index is 0.00732. The minimum Gasteiger partial charge on any atom is -0.508 e. The molecule has 5 rings (SSSR count). The lowest BCUT2D eigenvalue weighted by Crippen LogP contribution is -2.62. The summed E-state index contributed by atoms with van der Waals surface area (Å²) in [6, 6.07) is 7.88. The number of phenolic OH excluding ortho intramolecular Hbond substituents is 2. The van der Waals surface area contributed by atoms with Crippen LogP contribution in [0.25, 0.3) is 22.3 Å². The van der Waals surface area contributed by atoms with E-state index in [9.17, 15) is 50.8 Å². The molecule has 0 spiro atoms. The van der Waals surface area contributed by atoms with Crippen LogP contribution in [-0.2, 0) is 14.2 Å². The zero-order chi connectivity index (χ0) is 31.2. The Bertz CT molecular complexity index is 1490. The molecule has 2 aromatic carbocycles. The van der Waals surface area contributed by atoms with E-state index >= 15 is 0 Å². The summed E-state index contributed by atoms with van der Waals surface area (Å²) in [5.74, 6) is -0.682. The molecule has 15 nitrogen and oxygen atoms in total. The first-order chi connectivity index (χ1) is 20.5. The summed E-state index contributed by atoms with van der Waals surface area (Å²) in [5, 5.41) is 92.5. The van der Waals surface area contributed by atoms with Crippen molar-refractivity contribution in [3.63, 3.8) is 0 Å². The second kappa shape index (κ2) is 12.3. The molecule has 3 aromatic rings. The average molecular weight is 609 g/mol. The lowest BCUT2D eigenvalue weighted by Gasteiger charge is -2.46. The second-order valence-electron chi connectivity index (χ2n) is 10.3. The molecule has 3 heterocycles. The third-order valence-electron chi connectivity index (χ3n) is 7.64. The molecule has 1 aromatic heterocycles. The number of fused-ring (bicyclic) bond motifs is 1. The van der Waals surface area contributed by atoms with E-state index in [-0.39, 0.29) is 33.8 Å². The van der Waals surface area contributed by atoms with E-state index in [2.05, 4.69) is 0 Å². The number of phenols is 2. The summed E-state index contributed by atoms with van der Waals surface area (Å²) in [6.07, 6.45) is -16.8. The van der Waals surface area contributed by atoms with Crippen LogP contribution in [0.15, 0.2) is 45.6 Å². The predicted molar refractivity (Wildman–Crippen MR) is 143 cm³/mol. The van der Waals surface area contributed by atoms with Gasteiger partial charge >= 0.3 is 0 Å². The molecule has 2 saturated heterocycles. The molecule has 2 aliphatic rings. The quantitative estimate of drug-likeness (QED) is 0.144. The van der Waals surface area contributed by atoms with Crippen LogP contribution in [-0.4, -0.2) is 121 Å². The second-order valence-corrected chi connectivity index (χ2v) is 10.3. The molecular formula is C28H32O15. The monoisotopic (exact) mass is 608 g/mol. The van der Waals surface area contributed by atoms with Crippen molar-refractivity contribution in [2.45, 2.75) is 61.2 Å². The number of hydrogen-bond acceptors (Lipinski definition) is 15. The van der Waals surface area contributed by atoms with E-state index in [0.29, 0.717) is 5.56 Å². The topological polar surface area (TPSA) is 249 Å². The van der Waals surface area contributed by atoms with Crippen molar-refractivity contribution in [3.05, 3.63) is 52.2 Å². The number of aliphatic hydroxyl groups excluding tert-OH is 7. The molecule has 9 N–H and O–H groups in total. The molecule has 43 heavy (non-hydrogen) atoms. The number of methoxy groups -OCH3 is 1. The Balaban J connectivity index is 1.69. The molecule has 2 fully saturated rings. The van der Waals surface area contributed by atoms with Crippen molar-refractivity contribution in [2.24, 2.45) is 0 Å². The van der Waals surface area contributed by atoms with Crippen LogP contribution in [0.3, 0.4) is 0 Å². The van der Waals surface area contributed by atoms with Gasteiger partial charge in [-0.05, 0) is 24.3 Å². The van der Waals surface area contributed by atoms with Crippen molar-refractivity contribution in [2.75, 3.05) is 20.3 Å². The van der Waals surface area contributed by atoms with Crippen LogP contribution in [0.5, 0.6) is 17.2 Å². The van der Waals surface area contributed by atoms with Gasteiger partial charge in [-0.2, -0.15) is 0 Å². The van der Waals surface area contributed by atoms with E-state index in [4.69, 9.17) is 23.4 Å². The molecule has 0 amide bonds. The third kappa shape index (κ3) is 5.56. The molecular weight excluding hydrogens is 576 g/mol. The Morgan fingerprint density at radius 1 is 0.814 bits per heavy atom. The lowest BCUT2D eigenvalue weighted by molar-refractivity contribution is -0.342. The van der Waals surface area contributed by atoms with Gasteiger partial charge in [-0.25, -0.2) is 0 Å². The van der Waals surface area contributed by atoms with Gasteiger partial charge < -0.3 is 69.3 Å². The van der Waals surface area contributed by atoms with Crippen LogP contribution in [0.1, 0.15) is 11.7 Å². The smallest absolute Gasteiger partial charge is 0.197 e. The molecule has 234 valence electrons. The summed E-state index contributed by atoms with van der Waals surface area (Å²) in [4.78, 5) is 13.3. The highest BCUT2D eigenvalue weighted by Gasteiger charge is 2.52. The maximum atomic E-state index is 13.3. The van der Waals surface area contributed by atoms with Gasteiger partial charge in [0.15, 0.2) is 17.3 Å². The fraction of sp³-hybridized carbons (Fsp3) is 0.464. The number of aliphatic hydroxyl groups is 7. The highest BCUT2D eigenvalue weighted by Crippen LogP contribution is 2.45. The molecule has 2 aliphatic heterocycles. The highest BCUT2D eigenvalue weighted by molar-refractivity contribution is 5.89. The molecule has 15 heteroatoms. The standard InChI is InChI=1S/C28H32O15/c1-39-15-7-13(33)18-12(32)6-14(10-2-4-11(31)5-3-10)40-25(18)19(15)26-27(23(37)21(35)16(8-29)41-26)43-28-24(38)22(36)20(34)17(9-30)42-28/h2-7,16-17,20-24,26-31,33-38H,8-9H2,1H3/t16-,17-,20-,21-,22+,23+,24-,26+,27-,28+/m1/s1. The summed E-state index contributed by atoms with van der Waals surface area (Å²) in [6.45, 7) is -1.54. The van der Waals surface area contributed by atoms with Gasteiger partial charge in [0, 0.05) is 17.7 Å². The first-order valence-corrected chi connectivity index (χ1v) is 13.3. The number of hydrogen-bond donors (Lipinski definition) is 9. The van der Waals surface area contributed by atoms with Gasteiger partial charge in [0.2, 0.25) is 0 Å². The molecule has 0 bridgehead atoms. The number of rotatable bonds is 7. The van der Waals surface area contributed by atoms with Crippen molar-refractivity contribution < 1.29 is 69.3 Å². The normalized spacial score (nSPS) is 33.0. The average Bonchev–Trinajstić information content (AvgIpc) is 2.99. The van der Waals surface area contributed by atoms with Crippen LogP contribution in [0.4, 0.5) is 0 Å². The van der Waals surface area contributed by atoms with Gasteiger partial charge in [-0.1, -0.05) is 0 Å². The van der Waals surface area contributed by atoms with E-state index in [1.807, 2.05) is 0 Å².